The number of amides is 3. The van der Waals surface area contributed by atoms with Crippen LogP contribution in [0.2, 0.25) is 5.02 Å². The minimum absolute atomic E-state index is 0.149. The summed E-state index contributed by atoms with van der Waals surface area (Å²) in [6.45, 7) is 3.16. The lowest BCUT2D eigenvalue weighted by Crippen LogP contribution is -2.34. The molecule has 1 saturated heterocycles. The molecule has 0 radical (unpaired) electrons. The van der Waals surface area contributed by atoms with Gasteiger partial charge in [-0.05, 0) is 73.6 Å². The Labute approximate surface area is 193 Å². The fraction of sp³-hybridized carbons (Fsp3) is 0.227. The first-order valence-electron chi connectivity index (χ1n) is 9.52. The highest BCUT2D eigenvalue weighted by Gasteiger charge is 2.36. The molecule has 32 heavy (non-hydrogen) atoms. The monoisotopic (exact) mass is 478 g/mol. The molecule has 0 aliphatic carbocycles. The number of halogens is 2. The van der Waals surface area contributed by atoms with Crippen molar-refractivity contribution in [3.05, 3.63) is 57.7 Å². The fourth-order valence-electron chi connectivity index (χ4n) is 2.91. The van der Waals surface area contributed by atoms with Gasteiger partial charge in [0.05, 0.1) is 17.0 Å². The van der Waals surface area contributed by atoms with Crippen LogP contribution in [0, 0.1) is 5.82 Å². The number of imide groups is 1. The number of methoxy groups -OCH3 is 1. The molecule has 0 atom stereocenters. The maximum atomic E-state index is 13.0. The van der Waals surface area contributed by atoms with E-state index in [9.17, 15) is 18.8 Å². The molecule has 0 unspecified atom stereocenters. The normalized spacial score (nSPS) is 14.9. The first-order chi connectivity index (χ1) is 15.2. The van der Waals surface area contributed by atoms with Crippen molar-refractivity contribution in [3.63, 3.8) is 0 Å². The molecule has 3 rings (SSSR count). The molecule has 7 nitrogen and oxygen atoms in total. The van der Waals surface area contributed by atoms with Gasteiger partial charge in [-0.1, -0.05) is 11.6 Å². The number of ether oxygens (including phenoxy) is 2. The van der Waals surface area contributed by atoms with Gasteiger partial charge in [-0.2, -0.15) is 0 Å². The van der Waals surface area contributed by atoms with E-state index in [2.05, 4.69) is 5.32 Å². The average Bonchev–Trinajstić information content (AvgIpc) is 3.01. The highest BCUT2D eigenvalue weighted by atomic mass is 35.5. The van der Waals surface area contributed by atoms with E-state index >= 15 is 0 Å². The second kappa shape index (κ2) is 10.1. The van der Waals surface area contributed by atoms with E-state index in [1.807, 2.05) is 0 Å². The quantitative estimate of drug-likeness (QED) is 0.567. The molecule has 168 valence electrons. The summed E-state index contributed by atoms with van der Waals surface area (Å²) in [5.41, 5.74) is 0.952. The smallest absolute Gasteiger partial charge is 0.293 e. The van der Waals surface area contributed by atoms with Crippen LogP contribution in [0.1, 0.15) is 19.4 Å². The van der Waals surface area contributed by atoms with Crippen molar-refractivity contribution in [1.82, 2.24) is 4.90 Å². The number of thioether (sulfide) groups is 1. The van der Waals surface area contributed by atoms with Gasteiger partial charge in [0.2, 0.25) is 0 Å². The Morgan fingerprint density at radius 1 is 1.25 bits per heavy atom. The van der Waals surface area contributed by atoms with Crippen LogP contribution >= 0.6 is 23.4 Å². The minimum atomic E-state index is -0.471. The van der Waals surface area contributed by atoms with Gasteiger partial charge in [0.25, 0.3) is 17.1 Å². The zero-order valence-electron chi connectivity index (χ0n) is 17.5. The van der Waals surface area contributed by atoms with E-state index in [4.69, 9.17) is 21.1 Å². The minimum Gasteiger partial charge on any atom is -0.493 e. The molecule has 0 aromatic heterocycles. The van der Waals surface area contributed by atoms with Crippen LogP contribution in [0.3, 0.4) is 0 Å². The van der Waals surface area contributed by atoms with Crippen LogP contribution in [0.25, 0.3) is 6.08 Å². The van der Waals surface area contributed by atoms with E-state index < -0.39 is 11.7 Å². The Bertz CT molecular complexity index is 1090. The lowest BCUT2D eigenvalue weighted by Gasteiger charge is -2.16. The molecule has 10 heteroatoms. The second-order valence-corrected chi connectivity index (χ2v) is 8.42. The number of hydrogen-bond acceptors (Lipinski definition) is 6. The number of carbonyl (C=O) groups excluding carboxylic acids is 3. The van der Waals surface area contributed by atoms with E-state index in [0.29, 0.717) is 11.3 Å². The number of anilines is 1. The molecule has 0 bridgehead atoms. The standard InChI is InChI=1S/C22H20ClFN2O5S/c1-12(2)26-21(28)18(32-22(26)29)10-13-8-16(23)20(17(9-13)30-3)31-11-19(27)25-15-6-4-14(24)5-7-15/h4-10,12H,11H2,1-3H3,(H,25,27)/b18-10+. The number of benzene rings is 2. The molecular weight excluding hydrogens is 459 g/mol. The van der Waals surface area contributed by atoms with Gasteiger partial charge in [-0.15, -0.1) is 0 Å². The third-order valence-corrected chi connectivity index (χ3v) is 5.53. The molecule has 2 aromatic rings. The Kier molecular flexibility index (Phi) is 7.42. The first kappa shape index (κ1) is 23.6. The van der Waals surface area contributed by atoms with Crippen molar-refractivity contribution < 1.29 is 28.2 Å². The van der Waals surface area contributed by atoms with Gasteiger partial charge >= 0.3 is 0 Å². The van der Waals surface area contributed by atoms with Crippen molar-refractivity contribution in [3.8, 4) is 11.5 Å². The summed E-state index contributed by atoms with van der Waals surface area (Å²) in [7, 11) is 1.41. The lowest BCUT2D eigenvalue weighted by molar-refractivity contribution is -0.123. The van der Waals surface area contributed by atoms with Crippen molar-refractivity contribution >= 4 is 52.2 Å². The van der Waals surface area contributed by atoms with Gasteiger partial charge in [-0.3, -0.25) is 19.3 Å². The van der Waals surface area contributed by atoms with Crippen molar-refractivity contribution in [2.45, 2.75) is 19.9 Å². The van der Waals surface area contributed by atoms with E-state index in [-0.39, 0.29) is 45.2 Å². The summed E-state index contributed by atoms with van der Waals surface area (Å²) in [6.07, 6.45) is 1.55. The first-order valence-corrected chi connectivity index (χ1v) is 10.7. The van der Waals surface area contributed by atoms with Gasteiger partial charge in [0.1, 0.15) is 5.82 Å². The van der Waals surface area contributed by atoms with Crippen LogP contribution in [-0.2, 0) is 9.59 Å². The Morgan fingerprint density at radius 3 is 2.53 bits per heavy atom. The number of carbonyl (C=O) groups is 3. The van der Waals surface area contributed by atoms with Crippen molar-refractivity contribution in [1.29, 1.82) is 0 Å². The average molecular weight is 479 g/mol. The number of nitrogens with zero attached hydrogens (tertiary/aromatic N) is 1. The fourth-order valence-corrected chi connectivity index (χ4v) is 4.14. The van der Waals surface area contributed by atoms with Gasteiger partial charge in [0.15, 0.2) is 18.1 Å². The SMILES string of the molecule is COc1cc(/C=C2/SC(=O)N(C(C)C)C2=O)cc(Cl)c1OCC(=O)Nc1ccc(F)cc1. The van der Waals surface area contributed by atoms with Gasteiger partial charge in [0, 0.05) is 11.7 Å². The van der Waals surface area contributed by atoms with Crippen LogP contribution in [0.4, 0.5) is 14.9 Å². The molecule has 2 aromatic carbocycles. The molecule has 3 amide bonds. The van der Waals surface area contributed by atoms with E-state index in [1.54, 1.807) is 32.1 Å². The maximum absolute atomic E-state index is 13.0. The predicted molar refractivity (Wildman–Crippen MR) is 121 cm³/mol. The second-order valence-electron chi connectivity index (χ2n) is 7.02. The van der Waals surface area contributed by atoms with Crippen LogP contribution in [0.15, 0.2) is 41.3 Å². The van der Waals surface area contributed by atoms with Gasteiger partial charge < -0.3 is 14.8 Å². The highest BCUT2D eigenvalue weighted by molar-refractivity contribution is 8.18. The van der Waals surface area contributed by atoms with Crippen molar-refractivity contribution in [2.75, 3.05) is 19.0 Å². The molecule has 1 N–H and O–H groups in total. The predicted octanol–water partition coefficient (Wildman–Crippen LogP) is 4.95. The van der Waals surface area contributed by atoms with E-state index in [0.717, 1.165) is 11.8 Å². The largest absolute Gasteiger partial charge is 0.493 e. The summed E-state index contributed by atoms with van der Waals surface area (Å²) in [5.74, 6) is -0.855. The zero-order chi connectivity index (χ0) is 23.4. The summed E-state index contributed by atoms with van der Waals surface area (Å²) in [6, 6.07) is 8.19. The molecule has 1 aliphatic heterocycles. The summed E-state index contributed by atoms with van der Waals surface area (Å²) in [5, 5.41) is 2.41. The van der Waals surface area contributed by atoms with Gasteiger partial charge in [-0.25, -0.2) is 4.39 Å². The molecular formula is C22H20ClFN2O5S. The Hall–Kier alpha value is -3.04. The summed E-state index contributed by atoms with van der Waals surface area (Å²) >= 11 is 7.18. The zero-order valence-corrected chi connectivity index (χ0v) is 19.1. The molecule has 1 aliphatic rings. The lowest BCUT2D eigenvalue weighted by atomic mass is 10.1. The van der Waals surface area contributed by atoms with Crippen LogP contribution < -0.4 is 14.8 Å². The van der Waals surface area contributed by atoms with Crippen LogP contribution in [0.5, 0.6) is 11.5 Å². The molecule has 1 fully saturated rings. The number of nitrogens with one attached hydrogen (secondary N) is 1. The topological polar surface area (TPSA) is 84.9 Å². The number of hydrogen-bond donors (Lipinski definition) is 1. The third kappa shape index (κ3) is 5.41. The Balaban J connectivity index is 1.74. The highest BCUT2D eigenvalue weighted by Crippen LogP contribution is 2.39. The third-order valence-electron chi connectivity index (χ3n) is 4.37. The van der Waals surface area contributed by atoms with Crippen LogP contribution in [-0.4, -0.2) is 41.7 Å². The molecule has 0 spiro atoms. The van der Waals surface area contributed by atoms with Crippen molar-refractivity contribution in [2.24, 2.45) is 0 Å². The Morgan fingerprint density at radius 2 is 1.94 bits per heavy atom. The number of rotatable bonds is 7. The maximum Gasteiger partial charge on any atom is 0.293 e. The molecule has 1 heterocycles. The summed E-state index contributed by atoms with van der Waals surface area (Å²) < 4.78 is 23.8. The van der Waals surface area contributed by atoms with E-state index in [1.165, 1.54) is 36.3 Å². The molecule has 0 saturated carbocycles. The summed E-state index contributed by atoms with van der Waals surface area (Å²) in [4.78, 5) is 38.1.